The van der Waals surface area contributed by atoms with Gasteiger partial charge in [0.2, 0.25) is 0 Å². The first kappa shape index (κ1) is 13.5. The smallest absolute Gasteiger partial charge is 0.335 e. The maximum atomic E-state index is 11.1. The number of hydrazine groups is 2. The van der Waals surface area contributed by atoms with Crippen LogP contribution in [0.4, 0.5) is 26.9 Å². The third-order valence-corrected chi connectivity index (χ3v) is 2.18. The Morgan fingerprint density at radius 3 is 2.11 bits per heavy atom. The molecule has 100 valence electrons. The highest BCUT2D eigenvalue weighted by Crippen LogP contribution is 2.32. The molecule has 0 aliphatic heterocycles. The lowest BCUT2D eigenvalue weighted by Crippen LogP contribution is -2.43. The fourth-order valence-electron chi connectivity index (χ4n) is 1.38. The Kier molecular flexibility index (Phi) is 3.58. The molecule has 0 saturated carbocycles. The second-order valence-electron chi connectivity index (χ2n) is 3.31. The lowest BCUT2D eigenvalue weighted by atomic mass is 10.4. The molecule has 4 amide bonds. The van der Waals surface area contributed by atoms with Crippen LogP contribution in [0.3, 0.4) is 0 Å². The van der Waals surface area contributed by atoms with Crippen molar-refractivity contribution in [2.45, 2.75) is 0 Å². The predicted octanol–water partition coefficient (Wildman–Crippen LogP) is -2.02. The number of carbonyl (C=O) groups excluding carboxylic acids is 2. The molecule has 0 aromatic carbocycles. The minimum absolute atomic E-state index is 0.0131. The lowest BCUT2D eigenvalue weighted by molar-refractivity contribution is 0.253. The number of urea groups is 2. The first-order chi connectivity index (χ1) is 8.31. The molecule has 9 N–H and O–H groups in total. The highest BCUT2D eigenvalue weighted by atomic mass is 16.2. The molecule has 11 nitrogen and oxygen atoms in total. The Balaban J connectivity index is 3.37. The molecule has 1 rings (SSSR count). The molecule has 0 bridgehead atoms. The summed E-state index contributed by atoms with van der Waals surface area (Å²) in [4.78, 5) is 22.1. The van der Waals surface area contributed by atoms with E-state index in [9.17, 15) is 9.59 Å². The average molecular weight is 257 g/mol. The number of nitrogens with zero attached hydrogens (tertiary/aromatic N) is 4. The molecule has 18 heavy (non-hydrogen) atoms. The van der Waals surface area contributed by atoms with E-state index < -0.39 is 12.1 Å². The molecule has 0 radical (unpaired) electrons. The molecule has 11 heteroatoms. The van der Waals surface area contributed by atoms with E-state index in [1.54, 1.807) is 0 Å². The zero-order chi connectivity index (χ0) is 14.0. The molecule has 1 aromatic rings. The van der Waals surface area contributed by atoms with Crippen molar-refractivity contribution < 1.29 is 9.59 Å². The van der Waals surface area contributed by atoms with Gasteiger partial charge in [0.1, 0.15) is 5.69 Å². The Morgan fingerprint density at radius 2 is 1.72 bits per heavy atom. The van der Waals surface area contributed by atoms with Gasteiger partial charge in [-0.3, -0.25) is 0 Å². The molecule has 0 aliphatic carbocycles. The van der Waals surface area contributed by atoms with Crippen LogP contribution in [0, 0.1) is 0 Å². The first-order valence-corrected chi connectivity index (χ1v) is 4.74. The fraction of sp³-hybridized carbons (Fsp3) is 0.286. The van der Waals surface area contributed by atoms with E-state index in [2.05, 4.69) is 10.4 Å². The maximum absolute atomic E-state index is 11.1. The largest absolute Gasteiger partial charge is 0.382 e. The quantitative estimate of drug-likeness (QED) is 0.237. The zero-order valence-electron chi connectivity index (χ0n) is 9.91. The van der Waals surface area contributed by atoms with Gasteiger partial charge in [0.05, 0.1) is 0 Å². The number of amides is 4. The van der Waals surface area contributed by atoms with Gasteiger partial charge in [0.15, 0.2) is 11.6 Å². The Labute approximate surface area is 102 Å². The molecule has 0 aliphatic rings. The Hall–Kier alpha value is -2.53. The Bertz CT molecular complexity index is 482. The molecule has 0 atom stereocenters. The van der Waals surface area contributed by atoms with Gasteiger partial charge in [-0.25, -0.2) is 36.0 Å². The van der Waals surface area contributed by atoms with Crippen molar-refractivity contribution in [3.63, 3.8) is 0 Å². The molecule has 0 saturated heterocycles. The lowest BCUT2D eigenvalue weighted by Gasteiger charge is -2.16. The van der Waals surface area contributed by atoms with Gasteiger partial charge in [-0.1, -0.05) is 0 Å². The number of aryl methyl sites for hydroxylation is 1. The number of aromatic nitrogens is 2. The van der Waals surface area contributed by atoms with E-state index in [1.807, 2.05) is 0 Å². The van der Waals surface area contributed by atoms with Gasteiger partial charge in [-0.05, 0) is 0 Å². The van der Waals surface area contributed by atoms with Crippen LogP contribution >= 0.6 is 0 Å². The summed E-state index contributed by atoms with van der Waals surface area (Å²) in [6.07, 6.45) is 0. The normalized spacial score (nSPS) is 10.0. The van der Waals surface area contributed by atoms with Crippen LogP contribution in [-0.4, -0.2) is 28.9 Å². The van der Waals surface area contributed by atoms with Crippen LogP contribution in [0.25, 0.3) is 0 Å². The second-order valence-corrected chi connectivity index (χ2v) is 3.31. The van der Waals surface area contributed by atoms with Crippen LogP contribution in [0.1, 0.15) is 0 Å². The highest BCUT2D eigenvalue weighted by Gasteiger charge is 2.25. The van der Waals surface area contributed by atoms with E-state index in [0.717, 1.165) is 0 Å². The van der Waals surface area contributed by atoms with E-state index in [-0.39, 0.29) is 17.3 Å². The number of nitrogens with one attached hydrogen (secondary N) is 1. The predicted molar refractivity (Wildman–Crippen MR) is 65.3 cm³/mol. The van der Waals surface area contributed by atoms with Crippen LogP contribution in [0.15, 0.2) is 0 Å². The van der Waals surface area contributed by atoms with E-state index >= 15 is 0 Å². The van der Waals surface area contributed by atoms with Gasteiger partial charge in [0, 0.05) is 14.1 Å². The summed E-state index contributed by atoms with van der Waals surface area (Å²) in [7, 11) is 3.03. The van der Waals surface area contributed by atoms with Crippen LogP contribution < -0.4 is 38.5 Å². The summed E-state index contributed by atoms with van der Waals surface area (Å²) < 4.78 is 1.23. The molecule has 0 unspecified atom stereocenters. The van der Waals surface area contributed by atoms with Crippen molar-refractivity contribution >= 4 is 29.4 Å². The number of rotatable bonds is 3. The molecular weight excluding hydrogens is 242 g/mol. The van der Waals surface area contributed by atoms with Gasteiger partial charge < -0.3 is 16.8 Å². The topological polar surface area (TPSA) is 175 Å². The van der Waals surface area contributed by atoms with Crippen molar-refractivity contribution in [1.29, 1.82) is 0 Å². The molecule has 1 aromatic heterocycles. The van der Waals surface area contributed by atoms with Gasteiger partial charge in [-0.2, -0.15) is 0 Å². The second kappa shape index (κ2) is 4.77. The highest BCUT2D eigenvalue weighted by molar-refractivity contribution is 5.98. The minimum Gasteiger partial charge on any atom is -0.382 e. The number of carbonyl (C=O) groups is 2. The minimum atomic E-state index is -0.918. The van der Waals surface area contributed by atoms with Crippen molar-refractivity contribution in [3.05, 3.63) is 0 Å². The summed E-state index contributed by atoms with van der Waals surface area (Å²) >= 11 is 0. The monoisotopic (exact) mass is 257 g/mol. The number of anilines is 3. The maximum Gasteiger partial charge on any atom is 0.335 e. The van der Waals surface area contributed by atoms with Crippen LogP contribution in [-0.2, 0) is 7.05 Å². The summed E-state index contributed by atoms with van der Waals surface area (Å²) in [5, 5.41) is 7.92. The third kappa shape index (κ3) is 2.11. The first-order valence-electron chi connectivity index (χ1n) is 4.74. The summed E-state index contributed by atoms with van der Waals surface area (Å²) in [6, 6.07) is -1.82. The fourth-order valence-corrected chi connectivity index (χ4v) is 1.38. The number of hydrogen-bond donors (Lipinski definition) is 5. The average Bonchev–Trinajstić information content (AvgIpc) is 2.63. The number of hydrogen-bond acceptors (Lipinski definition) is 6. The van der Waals surface area contributed by atoms with Crippen molar-refractivity contribution in [3.8, 4) is 0 Å². The third-order valence-electron chi connectivity index (χ3n) is 2.18. The van der Waals surface area contributed by atoms with Crippen molar-refractivity contribution in [2.24, 2.45) is 30.2 Å². The SMILES string of the molecule is CNc1c(N(N)C(N)=O)nn(C)c1N(N)C(N)=O. The summed E-state index contributed by atoms with van der Waals surface area (Å²) in [5.74, 6) is 11.1. The van der Waals surface area contributed by atoms with E-state index in [4.69, 9.17) is 23.2 Å². The zero-order valence-corrected chi connectivity index (χ0v) is 9.91. The van der Waals surface area contributed by atoms with Crippen molar-refractivity contribution in [2.75, 3.05) is 22.4 Å². The molecule has 0 fully saturated rings. The van der Waals surface area contributed by atoms with E-state index in [1.165, 1.54) is 18.8 Å². The number of nitrogens with two attached hydrogens (primary N) is 4. The Morgan fingerprint density at radius 1 is 1.22 bits per heavy atom. The summed E-state index contributed by atoms with van der Waals surface area (Å²) in [6.45, 7) is 0. The van der Waals surface area contributed by atoms with Gasteiger partial charge in [0.25, 0.3) is 0 Å². The molecular formula is C7H15N9O2. The molecule has 1 heterocycles. The molecule has 0 spiro atoms. The number of primary amides is 2. The standard InChI is InChI=1S/C7H15N9O2/c1-12-3-4(15(10)6(8)17)13-14(2)5(3)16(11)7(9)18/h12H,10-11H2,1-2H3,(H2,8,17)(H2,9,18). The summed E-state index contributed by atoms with van der Waals surface area (Å²) in [5.41, 5.74) is 10.3. The van der Waals surface area contributed by atoms with Crippen LogP contribution in [0.5, 0.6) is 0 Å². The van der Waals surface area contributed by atoms with Gasteiger partial charge >= 0.3 is 12.1 Å². The van der Waals surface area contributed by atoms with Crippen LogP contribution in [0.2, 0.25) is 0 Å². The van der Waals surface area contributed by atoms with Gasteiger partial charge in [-0.15, -0.1) is 5.10 Å². The van der Waals surface area contributed by atoms with E-state index in [0.29, 0.717) is 10.0 Å². The van der Waals surface area contributed by atoms with Crippen molar-refractivity contribution in [1.82, 2.24) is 9.78 Å².